The van der Waals surface area contributed by atoms with Crippen LogP contribution in [0.5, 0.6) is 0 Å². The summed E-state index contributed by atoms with van der Waals surface area (Å²) in [7, 11) is 1.08. The van der Waals surface area contributed by atoms with Crippen LogP contribution in [0, 0.1) is 6.07 Å². The molecule has 45 heavy (non-hydrogen) atoms. The van der Waals surface area contributed by atoms with Gasteiger partial charge in [-0.1, -0.05) is 152 Å². The average Bonchev–Trinajstić information content (AvgIpc) is 3.50. The number of hydrogen-bond donors (Lipinski definition) is 0. The van der Waals surface area contributed by atoms with Gasteiger partial charge in [0.2, 0.25) is 0 Å². The minimum atomic E-state index is 0. The maximum absolute atomic E-state index is 3.85. The fourth-order valence-corrected chi connectivity index (χ4v) is 6.81. The Morgan fingerprint density at radius 3 is 2.07 bits per heavy atom. The Balaban J connectivity index is 0.00000113. The third-order valence-corrected chi connectivity index (χ3v) is 8.72. The van der Waals surface area contributed by atoms with Gasteiger partial charge in [-0.25, -0.2) is 0 Å². The van der Waals surface area contributed by atoms with Gasteiger partial charge in [0, 0.05) is 9.52 Å². The van der Waals surface area contributed by atoms with Crippen molar-refractivity contribution in [1.82, 2.24) is 0 Å². The fraction of sp³-hybridized carbons (Fsp3) is 0.366. The summed E-state index contributed by atoms with van der Waals surface area (Å²) in [4.78, 5) is 0. The Morgan fingerprint density at radius 1 is 0.800 bits per heavy atom. The van der Waals surface area contributed by atoms with Crippen molar-refractivity contribution in [1.29, 1.82) is 0 Å². The molecule has 4 heteroatoms. The van der Waals surface area contributed by atoms with E-state index in [1.807, 2.05) is 0 Å². The number of benzene rings is 4. The van der Waals surface area contributed by atoms with E-state index in [1.54, 1.807) is 5.57 Å². The maximum Gasteiger partial charge on any atom is 3.00 e. The monoisotopic (exact) mass is 727 g/mol. The summed E-state index contributed by atoms with van der Waals surface area (Å²) in [5.74, 6) is 0.278. The zero-order valence-electron chi connectivity index (χ0n) is 28.5. The van der Waals surface area contributed by atoms with Crippen molar-refractivity contribution in [2.45, 2.75) is 97.6 Å². The molecular weight excluding hydrogens is 683 g/mol. The van der Waals surface area contributed by atoms with Crippen LogP contribution in [0.2, 0.25) is 13.1 Å². The summed E-state index contributed by atoms with van der Waals surface area (Å²) >= 11 is 0. The molecular formula is C41H47Cl2SiZr. The third-order valence-electron chi connectivity index (χ3n) is 8.72. The molecule has 0 amide bonds. The molecule has 2 aliphatic rings. The molecule has 3 radical (unpaired) electrons. The van der Waals surface area contributed by atoms with E-state index in [4.69, 9.17) is 0 Å². The second-order valence-electron chi connectivity index (χ2n) is 14.1. The molecule has 1 atom stereocenters. The maximum atomic E-state index is 3.85. The van der Waals surface area contributed by atoms with E-state index >= 15 is 0 Å². The minimum Gasteiger partial charge on any atom is -1.00 e. The predicted molar refractivity (Wildman–Crippen MR) is 185 cm³/mol. The second kappa shape index (κ2) is 15.9. The van der Waals surface area contributed by atoms with Crippen LogP contribution >= 0.6 is 0 Å². The average molecular weight is 730 g/mol. The molecule has 0 heterocycles. The summed E-state index contributed by atoms with van der Waals surface area (Å²) in [6.45, 7) is 20.6. The van der Waals surface area contributed by atoms with Crippen LogP contribution in [-0.2, 0) is 43.5 Å². The molecule has 2 aliphatic carbocycles. The molecule has 0 fully saturated rings. The van der Waals surface area contributed by atoms with Gasteiger partial charge in [-0.3, -0.25) is 0 Å². The van der Waals surface area contributed by atoms with E-state index in [0.717, 1.165) is 28.8 Å². The first-order chi connectivity index (χ1) is 20.0. The number of fused-ring (bicyclic) bond motifs is 4. The normalized spacial score (nSPS) is 14.3. The van der Waals surface area contributed by atoms with Crippen LogP contribution in [-0.4, -0.2) is 9.52 Å². The molecule has 0 saturated heterocycles. The van der Waals surface area contributed by atoms with E-state index < -0.39 is 0 Å². The molecule has 4 aromatic rings. The molecule has 6 rings (SSSR count). The van der Waals surface area contributed by atoms with Crippen molar-refractivity contribution in [3.8, 4) is 22.3 Å². The SMILES string of the molecule is CCCC1=Cc2c(-c3ccccc3)cccc2C1c1c(C(C)(C)C)[c-]cc2c1Cc1cc(C(C)(C)C)ccc1-2.C[Si]C.[Cl-].[Cl-].[Zr+3]. The van der Waals surface area contributed by atoms with Crippen molar-refractivity contribution in [2.24, 2.45) is 0 Å². The first kappa shape index (κ1) is 39.5. The molecule has 0 aromatic heterocycles. The summed E-state index contributed by atoms with van der Waals surface area (Å²) < 4.78 is 0. The fourth-order valence-electron chi connectivity index (χ4n) is 6.81. The minimum absolute atomic E-state index is 0. The molecule has 0 nitrogen and oxygen atoms in total. The van der Waals surface area contributed by atoms with Gasteiger partial charge >= 0.3 is 26.2 Å². The van der Waals surface area contributed by atoms with E-state index in [1.165, 1.54) is 61.2 Å². The van der Waals surface area contributed by atoms with Gasteiger partial charge < -0.3 is 24.8 Å². The Labute approximate surface area is 307 Å². The van der Waals surface area contributed by atoms with Crippen molar-refractivity contribution in [2.75, 3.05) is 0 Å². The Kier molecular flexibility index (Phi) is 14.0. The van der Waals surface area contributed by atoms with Crippen LogP contribution in [0.1, 0.15) is 106 Å². The second-order valence-corrected chi connectivity index (χ2v) is 15.1. The van der Waals surface area contributed by atoms with Crippen LogP contribution < -0.4 is 24.8 Å². The molecule has 0 saturated carbocycles. The van der Waals surface area contributed by atoms with Gasteiger partial charge in [-0.2, -0.15) is 17.7 Å². The van der Waals surface area contributed by atoms with Crippen LogP contribution in [0.25, 0.3) is 28.3 Å². The summed E-state index contributed by atoms with van der Waals surface area (Å²) in [5, 5.41) is 0. The standard InChI is InChI=1S/C39H41.C2H6Si.2ClH.Zr/c1-8-13-26-23-33-29(25-14-10-9-11-15-25)16-12-17-32(33)36(26)37-34-24-27-22-28(38(2,3)4)18-19-30(27)31(34)20-21-35(37)39(5,6)7;1-3-2;;;/h9-12,14-20,22-23,36H,8,13,24H2,1-7H3;1-2H3;2*1H;/q-1;;;;+3/p-2. The number of hydrogen-bond acceptors (Lipinski definition) is 0. The summed E-state index contributed by atoms with van der Waals surface area (Å²) in [6, 6.07) is 31.2. The Bertz CT molecular complexity index is 1620. The van der Waals surface area contributed by atoms with Gasteiger partial charge in [-0.05, 0) is 63.0 Å². The predicted octanol–water partition coefficient (Wildman–Crippen LogP) is 5.44. The van der Waals surface area contributed by atoms with Crippen molar-refractivity contribution < 1.29 is 51.0 Å². The number of rotatable bonds is 4. The van der Waals surface area contributed by atoms with Gasteiger partial charge in [-0.15, -0.1) is 16.7 Å². The first-order valence-corrected chi connectivity index (χ1v) is 17.7. The van der Waals surface area contributed by atoms with E-state index in [2.05, 4.69) is 146 Å². The van der Waals surface area contributed by atoms with Gasteiger partial charge in [0.25, 0.3) is 0 Å². The largest absolute Gasteiger partial charge is 3.00 e. The number of allylic oxidation sites excluding steroid dienone is 1. The smallest absolute Gasteiger partial charge is 1.00 e. The molecule has 0 aliphatic heterocycles. The third kappa shape index (κ3) is 7.89. The van der Waals surface area contributed by atoms with Crippen LogP contribution in [0.4, 0.5) is 0 Å². The molecule has 0 N–H and O–H groups in total. The Hall–Kier alpha value is -1.70. The quantitative estimate of drug-likeness (QED) is 0.171. The molecule has 4 aromatic carbocycles. The zero-order chi connectivity index (χ0) is 30.2. The molecule has 1 unspecified atom stereocenters. The van der Waals surface area contributed by atoms with Gasteiger partial charge in [0.05, 0.1) is 0 Å². The van der Waals surface area contributed by atoms with E-state index in [9.17, 15) is 0 Å². The zero-order valence-corrected chi connectivity index (χ0v) is 33.4. The van der Waals surface area contributed by atoms with E-state index in [0.29, 0.717) is 0 Å². The molecule has 233 valence electrons. The number of halogens is 2. The van der Waals surface area contributed by atoms with Crippen molar-refractivity contribution in [3.05, 3.63) is 123 Å². The first-order valence-electron chi connectivity index (χ1n) is 15.7. The van der Waals surface area contributed by atoms with Crippen LogP contribution in [0.3, 0.4) is 0 Å². The van der Waals surface area contributed by atoms with Gasteiger partial charge in [0.15, 0.2) is 0 Å². The van der Waals surface area contributed by atoms with Crippen molar-refractivity contribution >= 4 is 15.6 Å². The summed E-state index contributed by atoms with van der Waals surface area (Å²) in [6.07, 6.45) is 5.79. The van der Waals surface area contributed by atoms with E-state index in [-0.39, 0.29) is 67.8 Å². The van der Waals surface area contributed by atoms with Crippen molar-refractivity contribution in [3.63, 3.8) is 0 Å². The summed E-state index contributed by atoms with van der Waals surface area (Å²) in [5.41, 5.74) is 17.3. The van der Waals surface area contributed by atoms with Crippen LogP contribution in [0.15, 0.2) is 78.4 Å². The molecule has 0 bridgehead atoms. The topological polar surface area (TPSA) is 0 Å². The van der Waals surface area contributed by atoms with Gasteiger partial charge in [0.1, 0.15) is 0 Å². The Morgan fingerprint density at radius 2 is 1.47 bits per heavy atom. The molecule has 0 spiro atoms.